The van der Waals surface area contributed by atoms with Gasteiger partial charge in [-0.3, -0.25) is 5.01 Å². The Hall–Kier alpha value is -1.80. The van der Waals surface area contributed by atoms with Crippen LogP contribution in [0.4, 0.5) is 11.4 Å². The van der Waals surface area contributed by atoms with E-state index in [1.807, 2.05) is 0 Å². The highest BCUT2D eigenvalue weighted by molar-refractivity contribution is 5.71. The minimum Gasteiger partial charge on any atom is -0.273 e. The first-order valence-corrected chi connectivity index (χ1v) is 6.37. The van der Waals surface area contributed by atoms with Crippen LogP contribution in [0.5, 0.6) is 0 Å². The molecule has 2 nitrogen and oxygen atoms in total. The number of hydrogen-bond acceptors (Lipinski definition) is 2. The number of hydrazine groups is 1. The summed E-state index contributed by atoms with van der Waals surface area (Å²) in [4.78, 5) is 0. The lowest BCUT2D eigenvalue weighted by Gasteiger charge is -2.30. The molecule has 2 aromatic rings. The summed E-state index contributed by atoms with van der Waals surface area (Å²) in [5.41, 5.74) is 5.25. The minimum atomic E-state index is 0.417. The SMILES string of the molecule is Cc1ccccc1N1c2ccccc2C(C)N1C. The van der Waals surface area contributed by atoms with Gasteiger partial charge in [-0.25, -0.2) is 5.01 Å². The normalized spacial score (nSPS) is 19.1. The van der Waals surface area contributed by atoms with Crippen molar-refractivity contribution in [2.75, 3.05) is 12.1 Å². The smallest absolute Gasteiger partial charge is 0.0629 e. The molecule has 2 aromatic carbocycles. The van der Waals surface area contributed by atoms with Crippen LogP contribution < -0.4 is 5.01 Å². The highest BCUT2D eigenvalue weighted by Crippen LogP contribution is 2.43. The summed E-state index contributed by atoms with van der Waals surface area (Å²) in [6, 6.07) is 17.6. The molecule has 0 N–H and O–H groups in total. The molecule has 1 atom stereocenters. The van der Waals surface area contributed by atoms with Crippen molar-refractivity contribution >= 4 is 11.4 Å². The van der Waals surface area contributed by atoms with Gasteiger partial charge in [0, 0.05) is 7.05 Å². The van der Waals surface area contributed by atoms with E-state index in [2.05, 4.69) is 79.4 Å². The fraction of sp³-hybridized carbons (Fsp3) is 0.250. The number of rotatable bonds is 1. The lowest BCUT2D eigenvalue weighted by atomic mass is 10.1. The maximum Gasteiger partial charge on any atom is 0.0629 e. The molecule has 0 aliphatic carbocycles. The van der Waals surface area contributed by atoms with Gasteiger partial charge in [0.1, 0.15) is 0 Å². The average molecular weight is 238 g/mol. The van der Waals surface area contributed by atoms with Crippen LogP contribution in [0.25, 0.3) is 0 Å². The largest absolute Gasteiger partial charge is 0.273 e. The van der Waals surface area contributed by atoms with Gasteiger partial charge >= 0.3 is 0 Å². The maximum atomic E-state index is 2.31. The highest BCUT2D eigenvalue weighted by atomic mass is 15.6. The van der Waals surface area contributed by atoms with Gasteiger partial charge in [-0.2, -0.15) is 0 Å². The minimum absolute atomic E-state index is 0.417. The summed E-state index contributed by atoms with van der Waals surface area (Å²) in [5.74, 6) is 0. The van der Waals surface area contributed by atoms with E-state index >= 15 is 0 Å². The zero-order valence-corrected chi connectivity index (χ0v) is 11.1. The molecule has 2 heteroatoms. The van der Waals surface area contributed by atoms with E-state index in [0.29, 0.717) is 6.04 Å². The summed E-state index contributed by atoms with van der Waals surface area (Å²) in [7, 11) is 2.15. The predicted octanol–water partition coefficient (Wildman–Crippen LogP) is 4.05. The Kier molecular flexibility index (Phi) is 2.60. The van der Waals surface area contributed by atoms with Crippen LogP contribution in [0, 0.1) is 6.92 Å². The molecule has 0 bridgehead atoms. The highest BCUT2D eigenvalue weighted by Gasteiger charge is 2.31. The molecular weight excluding hydrogens is 220 g/mol. The first-order valence-electron chi connectivity index (χ1n) is 6.37. The Balaban J connectivity index is 2.16. The Morgan fingerprint density at radius 2 is 1.50 bits per heavy atom. The Labute approximate surface area is 108 Å². The van der Waals surface area contributed by atoms with Crippen LogP contribution in [0.1, 0.15) is 24.1 Å². The van der Waals surface area contributed by atoms with Crippen molar-refractivity contribution < 1.29 is 0 Å². The van der Waals surface area contributed by atoms with Crippen molar-refractivity contribution in [1.82, 2.24) is 5.01 Å². The number of nitrogens with zero attached hydrogens (tertiary/aromatic N) is 2. The molecule has 18 heavy (non-hydrogen) atoms. The first-order chi connectivity index (χ1) is 8.70. The monoisotopic (exact) mass is 238 g/mol. The van der Waals surface area contributed by atoms with E-state index in [4.69, 9.17) is 0 Å². The van der Waals surface area contributed by atoms with E-state index in [9.17, 15) is 0 Å². The van der Waals surface area contributed by atoms with Gasteiger partial charge in [-0.1, -0.05) is 36.4 Å². The Bertz CT molecular complexity index is 577. The standard InChI is InChI=1S/C16H18N2/c1-12-8-4-6-10-15(12)18-16-11-7-5-9-14(16)13(2)17(18)3/h4-11,13H,1-3H3. The van der Waals surface area contributed by atoms with E-state index in [1.54, 1.807) is 0 Å². The van der Waals surface area contributed by atoms with Gasteiger partial charge < -0.3 is 0 Å². The van der Waals surface area contributed by atoms with E-state index < -0.39 is 0 Å². The summed E-state index contributed by atoms with van der Waals surface area (Å²) >= 11 is 0. The number of benzene rings is 2. The molecule has 1 heterocycles. The molecule has 0 spiro atoms. The number of aryl methyl sites for hydroxylation is 1. The quantitative estimate of drug-likeness (QED) is 0.739. The third-order valence-corrected chi connectivity index (χ3v) is 3.83. The molecule has 92 valence electrons. The molecule has 0 saturated heterocycles. The van der Waals surface area contributed by atoms with E-state index in [0.717, 1.165) is 0 Å². The van der Waals surface area contributed by atoms with Crippen LogP contribution in [0.2, 0.25) is 0 Å². The second kappa shape index (κ2) is 4.14. The summed E-state index contributed by atoms with van der Waals surface area (Å²) in [5, 5.41) is 4.61. The van der Waals surface area contributed by atoms with E-state index in [-0.39, 0.29) is 0 Å². The molecule has 3 rings (SSSR count). The van der Waals surface area contributed by atoms with Crippen LogP contribution in [-0.4, -0.2) is 12.1 Å². The number of para-hydroxylation sites is 2. The van der Waals surface area contributed by atoms with Crippen molar-refractivity contribution in [3.05, 3.63) is 59.7 Å². The summed E-state index contributed by atoms with van der Waals surface area (Å²) in [6.07, 6.45) is 0. The number of fused-ring (bicyclic) bond motifs is 1. The third kappa shape index (κ3) is 1.53. The third-order valence-electron chi connectivity index (χ3n) is 3.83. The van der Waals surface area contributed by atoms with Crippen LogP contribution in [0.15, 0.2) is 48.5 Å². The van der Waals surface area contributed by atoms with Gasteiger partial charge in [-0.15, -0.1) is 0 Å². The predicted molar refractivity (Wildman–Crippen MR) is 75.9 cm³/mol. The van der Waals surface area contributed by atoms with Gasteiger partial charge in [-0.05, 0) is 37.1 Å². The Morgan fingerprint density at radius 3 is 2.22 bits per heavy atom. The molecule has 0 aromatic heterocycles. The summed E-state index contributed by atoms with van der Waals surface area (Å²) in [6.45, 7) is 4.41. The van der Waals surface area contributed by atoms with Gasteiger partial charge in [0.2, 0.25) is 0 Å². The molecule has 0 radical (unpaired) electrons. The zero-order valence-electron chi connectivity index (χ0n) is 11.1. The van der Waals surface area contributed by atoms with Crippen LogP contribution in [-0.2, 0) is 0 Å². The second-order valence-corrected chi connectivity index (χ2v) is 4.91. The fourth-order valence-corrected chi connectivity index (χ4v) is 2.68. The average Bonchev–Trinajstić information content (AvgIpc) is 2.64. The van der Waals surface area contributed by atoms with Gasteiger partial charge in [0.15, 0.2) is 0 Å². The zero-order chi connectivity index (χ0) is 12.7. The lowest BCUT2D eigenvalue weighted by molar-refractivity contribution is 0.293. The molecule has 0 fully saturated rings. The van der Waals surface area contributed by atoms with Crippen molar-refractivity contribution in [3.63, 3.8) is 0 Å². The molecule has 1 aliphatic heterocycles. The lowest BCUT2D eigenvalue weighted by Crippen LogP contribution is -2.32. The molecule has 1 unspecified atom stereocenters. The number of hydrogen-bond donors (Lipinski definition) is 0. The molecule has 1 aliphatic rings. The maximum absolute atomic E-state index is 2.31. The van der Waals surface area contributed by atoms with Gasteiger partial charge in [0.25, 0.3) is 0 Å². The number of anilines is 2. The molecule has 0 amide bonds. The molecular formula is C16H18N2. The van der Waals surface area contributed by atoms with Crippen molar-refractivity contribution in [1.29, 1.82) is 0 Å². The fourth-order valence-electron chi connectivity index (χ4n) is 2.68. The Morgan fingerprint density at radius 1 is 0.889 bits per heavy atom. The summed E-state index contributed by atoms with van der Waals surface area (Å²) < 4.78 is 0. The van der Waals surface area contributed by atoms with Crippen molar-refractivity contribution in [2.24, 2.45) is 0 Å². The topological polar surface area (TPSA) is 6.48 Å². The van der Waals surface area contributed by atoms with Gasteiger partial charge in [0.05, 0.1) is 17.4 Å². The van der Waals surface area contributed by atoms with Crippen LogP contribution in [0.3, 0.4) is 0 Å². The van der Waals surface area contributed by atoms with Crippen molar-refractivity contribution in [3.8, 4) is 0 Å². The second-order valence-electron chi connectivity index (χ2n) is 4.91. The molecule has 0 saturated carbocycles. The van der Waals surface area contributed by atoms with Crippen molar-refractivity contribution in [2.45, 2.75) is 19.9 Å². The van der Waals surface area contributed by atoms with Crippen LogP contribution >= 0.6 is 0 Å². The van der Waals surface area contributed by atoms with E-state index in [1.165, 1.54) is 22.5 Å². The first kappa shape index (κ1) is 11.3.